The van der Waals surface area contributed by atoms with Crippen molar-refractivity contribution in [2.24, 2.45) is 0 Å². The first-order valence-electron chi connectivity index (χ1n) is 9.32. The SMILES string of the molecule is CC(=O)N[C@@H](C)CCc1ccc(-c2csc(-c3ccc(C)cc3C)n2)cc1. The first-order valence-corrected chi connectivity index (χ1v) is 10.2. The molecule has 0 bridgehead atoms. The van der Waals surface area contributed by atoms with Crippen molar-refractivity contribution in [3.8, 4) is 21.8 Å². The maximum Gasteiger partial charge on any atom is 0.217 e. The molecule has 1 heterocycles. The highest BCUT2D eigenvalue weighted by atomic mass is 32.1. The number of nitrogens with zero attached hydrogens (tertiary/aromatic N) is 1. The van der Waals surface area contributed by atoms with Gasteiger partial charge >= 0.3 is 0 Å². The van der Waals surface area contributed by atoms with Gasteiger partial charge in [-0.3, -0.25) is 4.79 Å². The average molecular weight is 379 g/mol. The van der Waals surface area contributed by atoms with E-state index in [9.17, 15) is 4.79 Å². The Balaban J connectivity index is 1.69. The zero-order chi connectivity index (χ0) is 19.4. The van der Waals surface area contributed by atoms with Gasteiger partial charge in [0, 0.05) is 29.5 Å². The van der Waals surface area contributed by atoms with Crippen LogP contribution in [0.4, 0.5) is 0 Å². The maximum absolute atomic E-state index is 11.1. The van der Waals surface area contributed by atoms with Gasteiger partial charge in [-0.15, -0.1) is 11.3 Å². The Bertz CT molecular complexity index is 928. The van der Waals surface area contributed by atoms with Gasteiger partial charge < -0.3 is 5.32 Å². The molecule has 0 saturated carbocycles. The molecule has 0 aliphatic heterocycles. The largest absolute Gasteiger partial charge is 0.354 e. The molecular weight excluding hydrogens is 352 g/mol. The number of benzene rings is 2. The van der Waals surface area contributed by atoms with Crippen LogP contribution in [0, 0.1) is 13.8 Å². The lowest BCUT2D eigenvalue weighted by Gasteiger charge is -2.12. The fourth-order valence-electron chi connectivity index (χ4n) is 3.23. The van der Waals surface area contributed by atoms with Crippen molar-refractivity contribution < 1.29 is 4.79 Å². The van der Waals surface area contributed by atoms with Crippen molar-refractivity contribution in [1.29, 1.82) is 0 Å². The molecule has 0 spiro atoms. The number of carbonyl (C=O) groups is 1. The van der Waals surface area contributed by atoms with E-state index < -0.39 is 0 Å². The maximum atomic E-state index is 11.1. The van der Waals surface area contributed by atoms with Gasteiger partial charge in [-0.25, -0.2) is 4.98 Å². The Morgan fingerprint density at radius 3 is 2.56 bits per heavy atom. The molecule has 2 aromatic carbocycles. The van der Waals surface area contributed by atoms with Crippen LogP contribution in [0.3, 0.4) is 0 Å². The summed E-state index contributed by atoms with van der Waals surface area (Å²) < 4.78 is 0. The number of aryl methyl sites for hydroxylation is 3. The topological polar surface area (TPSA) is 42.0 Å². The smallest absolute Gasteiger partial charge is 0.217 e. The van der Waals surface area contributed by atoms with E-state index in [1.54, 1.807) is 18.3 Å². The zero-order valence-electron chi connectivity index (χ0n) is 16.4. The second-order valence-electron chi connectivity index (χ2n) is 7.19. The van der Waals surface area contributed by atoms with Crippen molar-refractivity contribution in [3.05, 3.63) is 64.5 Å². The first kappa shape index (κ1) is 19.3. The number of thiazole rings is 1. The summed E-state index contributed by atoms with van der Waals surface area (Å²) in [7, 11) is 0. The summed E-state index contributed by atoms with van der Waals surface area (Å²) >= 11 is 1.69. The van der Waals surface area contributed by atoms with Crippen LogP contribution < -0.4 is 5.32 Å². The van der Waals surface area contributed by atoms with Crippen LogP contribution in [0.2, 0.25) is 0 Å². The quantitative estimate of drug-likeness (QED) is 0.611. The summed E-state index contributed by atoms with van der Waals surface area (Å²) in [5.41, 5.74) is 7.19. The molecular formula is C23H26N2OS. The Labute approximate surface area is 165 Å². The molecule has 0 fully saturated rings. The Morgan fingerprint density at radius 2 is 1.89 bits per heavy atom. The molecule has 1 N–H and O–H groups in total. The van der Waals surface area contributed by atoms with Crippen molar-refractivity contribution in [2.45, 2.75) is 46.6 Å². The van der Waals surface area contributed by atoms with Crippen LogP contribution in [-0.2, 0) is 11.2 Å². The molecule has 27 heavy (non-hydrogen) atoms. The van der Waals surface area contributed by atoms with E-state index in [1.807, 2.05) is 6.92 Å². The Kier molecular flexibility index (Phi) is 6.07. The van der Waals surface area contributed by atoms with E-state index in [4.69, 9.17) is 4.98 Å². The summed E-state index contributed by atoms with van der Waals surface area (Å²) in [5, 5.41) is 6.12. The summed E-state index contributed by atoms with van der Waals surface area (Å²) in [6, 6.07) is 15.3. The second kappa shape index (κ2) is 8.49. The van der Waals surface area contributed by atoms with E-state index >= 15 is 0 Å². The molecule has 0 unspecified atom stereocenters. The normalized spacial score (nSPS) is 12.0. The van der Waals surface area contributed by atoms with E-state index in [2.05, 4.69) is 67.0 Å². The monoisotopic (exact) mass is 378 g/mol. The van der Waals surface area contributed by atoms with Gasteiger partial charge in [0.2, 0.25) is 5.91 Å². The second-order valence-corrected chi connectivity index (χ2v) is 8.05. The average Bonchev–Trinajstić information content (AvgIpc) is 3.09. The molecule has 0 saturated heterocycles. The molecule has 0 aliphatic carbocycles. The number of carbonyl (C=O) groups excluding carboxylic acids is 1. The number of hydrogen-bond acceptors (Lipinski definition) is 3. The molecule has 140 valence electrons. The minimum Gasteiger partial charge on any atom is -0.354 e. The highest BCUT2D eigenvalue weighted by Gasteiger charge is 2.09. The molecule has 3 aromatic rings. The highest BCUT2D eigenvalue weighted by Crippen LogP contribution is 2.31. The van der Waals surface area contributed by atoms with Gasteiger partial charge in [0.05, 0.1) is 5.69 Å². The van der Waals surface area contributed by atoms with Crippen LogP contribution in [0.25, 0.3) is 21.8 Å². The molecule has 3 nitrogen and oxygen atoms in total. The lowest BCUT2D eigenvalue weighted by molar-refractivity contribution is -0.119. The van der Waals surface area contributed by atoms with Gasteiger partial charge in [0.25, 0.3) is 0 Å². The zero-order valence-corrected chi connectivity index (χ0v) is 17.2. The fraction of sp³-hybridized carbons (Fsp3) is 0.304. The van der Waals surface area contributed by atoms with E-state index in [1.165, 1.54) is 22.3 Å². The lowest BCUT2D eigenvalue weighted by Crippen LogP contribution is -2.30. The molecule has 1 amide bonds. The summed E-state index contributed by atoms with van der Waals surface area (Å²) in [4.78, 5) is 15.9. The molecule has 3 rings (SSSR count). The molecule has 0 aliphatic rings. The summed E-state index contributed by atoms with van der Waals surface area (Å²) in [5.74, 6) is 0.0287. The van der Waals surface area contributed by atoms with Crippen molar-refractivity contribution >= 4 is 17.2 Å². The number of hydrogen-bond donors (Lipinski definition) is 1. The van der Waals surface area contributed by atoms with Crippen LogP contribution >= 0.6 is 11.3 Å². The molecule has 4 heteroatoms. The summed E-state index contributed by atoms with van der Waals surface area (Å²) in [6.07, 6.45) is 1.89. The van der Waals surface area contributed by atoms with Crippen molar-refractivity contribution in [2.75, 3.05) is 0 Å². The third-order valence-corrected chi connectivity index (χ3v) is 5.56. The fourth-order valence-corrected chi connectivity index (χ4v) is 4.15. The summed E-state index contributed by atoms with van der Waals surface area (Å²) in [6.45, 7) is 7.86. The van der Waals surface area contributed by atoms with Gasteiger partial charge in [-0.05, 0) is 44.7 Å². The molecule has 1 atom stereocenters. The lowest BCUT2D eigenvalue weighted by atomic mass is 10.0. The van der Waals surface area contributed by atoms with Crippen LogP contribution in [0.5, 0.6) is 0 Å². The molecule has 1 aromatic heterocycles. The standard InChI is InChI=1S/C23H26N2OS/c1-15-5-12-21(16(2)13-15)23-25-22(14-27-23)20-10-8-19(9-11-20)7-6-17(3)24-18(4)26/h5,8-14,17H,6-7H2,1-4H3,(H,24,26)/t17-/m0/s1. The first-order chi connectivity index (χ1) is 12.9. The highest BCUT2D eigenvalue weighted by molar-refractivity contribution is 7.13. The van der Waals surface area contributed by atoms with Crippen LogP contribution in [0.15, 0.2) is 47.8 Å². The number of nitrogens with one attached hydrogen (secondary N) is 1. The van der Waals surface area contributed by atoms with Crippen LogP contribution in [-0.4, -0.2) is 16.9 Å². The van der Waals surface area contributed by atoms with Gasteiger partial charge in [-0.2, -0.15) is 0 Å². The molecule has 0 radical (unpaired) electrons. The van der Waals surface area contributed by atoms with Crippen molar-refractivity contribution in [3.63, 3.8) is 0 Å². The Hall–Kier alpha value is -2.46. The van der Waals surface area contributed by atoms with E-state index in [0.717, 1.165) is 29.1 Å². The third kappa shape index (κ3) is 5.04. The third-order valence-electron chi connectivity index (χ3n) is 4.68. The Morgan fingerprint density at radius 1 is 1.15 bits per heavy atom. The number of amides is 1. The van der Waals surface area contributed by atoms with Gasteiger partial charge in [-0.1, -0.05) is 48.0 Å². The van der Waals surface area contributed by atoms with Gasteiger partial charge in [0.15, 0.2) is 0 Å². The minimum atomic E-state index is 0.0287. The number of aromatic nitrogens is 1. The van der Waals surface area contributed by atoms with Gasteiger partial charge in [0.1, 0.15) is 5.01 Å². The van der Waals surface area contributed by atoms with Crippen molar-refractivity contribution in [1.82, 2.24) is 10.3 Å². The predicted octanol–water partition coefficient (Wildman–Crippen LogP) is 5.55. The predicted molar refractivity (Wildman–Crippen MR) is 114 cm³/mol. The minimum absolute atomic E-state index is 0.0287. The van der Waals surface area contributed by atoms with E-state index in [-0.39, 0.29) is 11.9 Å². The number of rotatable bonds is 6. The van der Waals surface area contributed by atoms with Crippen LogP contribution in [0.1, 0.15) is 37.0 Å². The van der Waals surface area contributed by atoms with E-state index in [0.29, 0.717) is 0 Å².